The number of nitrogens with one attached hydrogen (secondary N) is 1. The Bertz CT molecular complexity index is 399. The maximum Gasteiger partial charge on any atom is 0.0320 e. The van der Waals surface area contributed by atoms with E-state index in [1.54, 1.807) is 0 Å². The number of hydrogen-bond donors (Lipinski definition) is 1. The smallest absolute Gasteiger partial charge is 0.0320 e. The minimum Gasteiger partial charge on any atom is -0.317 e. The quantitative estimate of drug-likeness (QED) is 0.838. The number of halogens is 1. The summed E-state index contributed by atoms with van der Waals surface area (Å²) < 4.78 is 1.28. The predicted octanol–water partition coefficient (Wildman–Crippen LogP) is 4.81. The van der Waals surface area contributed by atoms with Crippen LogP contribution in [0.3, 0.4) is 0 Å². The maximum absolute atomic E-state index is 3.71. The van der Waals surface area contributed by atoms with Gasteiger partial charge in [0.15, 0.2) is 0 Å². The molecule has 0 aliphatic heterocycles. The van der Waals surface area contributed by atoms with Gasteiger partial charge in [0, 0.05) is 20.8 Å². The summed E-state index contributed by atoms with van der Waals surface area (Å²) in [6, 6.07) is 2.83. The van der Waals surface area contributed by atoms with Gasteiger partial charge in [-0.05, 0) is 59.1 Å². The molecule has 1 aromatic rings. The first-order valence-corrected chi connectivity index (χ1v) is 8.54. The summed E-state index contributed by atoms with van der Waals surface area (Å²) in [5.74, 6) is 1.59. The Kier molecular flexibility index (Phi) is 4.56. The van der Waals surface area contributed by atoms with Gasteiger partial charge >= 0.3 is 0 Å². The van der Waals surface area contributed by atoms with Crippen molar-refractivity contribution in [1.82, 2.24) is 5.32 Å². The second kappa shape index (κ2) is 5.64. The molecule has 0 spiro atoms. The minimum atomic E-state index is 0.251. The van der Waals surface area contributed by atoms with Crippen LogP contribution in [0, 0.1) is 11.8 Å². The predicted molar refractivity (Wildman–Crippen MR) is 84.4 cm³/mol. The van der Waals surface area contributed by atoms with Crippen molar-refractivity contribution in [3.63, 3.8) is 0 Å². The second-order valence-corrected chi connectivity index (χ2v) is 8.01. The van der Waals surface area contributed by atoms with Crippen LogP contribution < -0.4 is 5.32 Å². The molecule has 1 N–H and O–H groups in total. The zero-order valence-corrected chi connectivity index (χ0v) is 14.2. The molecule has 102 valence electrons. The van der Waals surface area contributed by atoms with E-state index in [9.17, 15) is 0 Å². The average Bonchev–Trinajstić information content (AvgIpc) is 2.75. The summed E-state index contributed by atoms with van der Waals surface area (Å²) in [6.07, 6.45) is 4.02. The van der Waals surface area contributed by atoms with Gasteiger partial charge in [0.1, 0.15) is 0 Å². The lowest BCUT2D eigenvalue weighted by Crippen LogP contribution is -2.47. The number of rotatable bonds is 3. The highest BCUT2D eigenvalue weighted by molar-refractivity contribution is 9.10. The van der Waals surface area contributed by atoms with Gasteiger partial charge in [-0.25, -0.2) is 0 Å². The Morgan fingerprint density at radius 3 is 2.67 bits per heavy atom. The van der Waals surface area contributed by atoms with Crippen LogP contribution >= 0.6 is 27.3 Å². The normalized spacial score (nSPS) is 29.5. The summed E-state index contributed by atoms with van der Waals surface area (Å²) in [6.45, 7) is 7.21. The first kappa shape index (κ1) is 14.5. The lowest BCUT2D eigenvalue weighted by atomic mass is 9.66. The van der Waals surface area contributed by atoms with Crippen molar-refractivity contribution >= 4 is 27.3 Å². The fraction of sp³-hybridized carbons (Fsp3) is 0.733. The van der Waals surface area contributed by atoms with Gasteiger partial charge in [0.25, 0.3) is 0 Å². The molecule has 1 aliphatic rings. The van der Waals surface area contributed by atoms with Gasteiger partial charge in [-0.15, -0.1) is 11.3 Å². The largest absolute Gasteiger partial charge is 0.317 e. The highest BCUT2D eigenvalue weighted by Crippen LogP contribution is 2.46. The van der Waals surface area contributed by atoms with Crippen molar-refractivity contribution in [1.29, 1.82) is 0 Å². The molecule has 1 heterocycles. The second-order valence-electron chi connectivity index (χ2n) is 6.24. The summed E-state index contributed by atoms with van der Waals surface area (Å²) in [5.41, 5.74) is 0.251. The van der Waals surface area contributed by atoms with E-state index in [1.807, 2.05) is 11.3 Å². The van der Waals surface area contributed by atoms with Crippen LogP contribution in [0.25, 0.3) is 0 Å². The molecule has 0 aromatic carbocycles. The van der Waals surface area contributed by atoms with E-state index in [2.05, 4.69) is 60.5 Å². The van der Waals surface area contributed by atoms with Crippen molar-refractivity contribution in [2.45, 2.75) is 51.5 Å². The summed E-state index contributed by atoms with van der Waals surface area (Å²) in [5, 5.41) is 5.76. The highest BCUT2D eigenvalue weighted by Gasteiger charge is 2.40. The van der Waals surface area contributed by atoms with Gasteiger partial charge in [-0.2, -0.15) is 0 Å². The van der Waals surface area contributed by atoms with Crippen molar-refractivity contribution in [2.75, 3.05) is 7.05 Å². The van der Waals surface area contributed by atoms with E-state index >= 15 is 0 Å². The number of hydrogen-bond acceptors (Lipinski definition) is 2. The lowest BCUT2D eigenvalue weighted by Gasteiger charge is -2.44. The monoisotopic (exact) mass is 329 g/mol. The maximum atomic E-state index is 3.71. The van der Waals surface area contributed by atoms with Crippen LogP contribution in [0.15, 0.2) is 15.9 Å². The number of thiophene rings is 1. The van der Waals surface area contributed by atoms with Crippen LogP contribution in [0.5, 0.6) is 0 Å². The van der Waals surface area contributed by atoms with Crippen LogP contribution in [-0.4, -0.2) is 13.1 Å². The van der Waals surface area contributed by atoms with Gasteiger partial charge in [0.2, 0.25) is 0 Å². The van der Waals surface area contributed by atoms with E-state index in [1.165, 1.54) is 28.6 Å². The molecular formula is C15H24BrNS. The Morgan fingerprint density at radius 1 is 1.39 bits per heavy atom. The summed E-state index contributed by atoms with van der Waals surface area (Å²) >= 11 is 5.60. The standard InChI is InChI=1S/C15H24BrNS/c1-10-5-6-11(13(9-10)17-4)15(2,3)14-12(16)7-8-18-14/h7-8,10-11,13,17H,5-6,9H2,1-4H3. The molecule has 1 aromatic heterocycles. The fourth-order valence-electron chi connectivity index (χ4n) is 3.49. The van der Waals surface area contributed by atoms with Crippen molar-refractivity contribution < 1.29 is 0 Å². The van der Waals surface area contributed by atoms with Gasteiger partial charge in [0.05, 0.1) is 0 Å². The fourth-order valence-corrected chi connectivity index (χ4v) is 5.56. The van der Waals surface area contributed by atoms with Crippen LogP contribution in [0.1, 0.15) is 44.9 Å². The van der Waals surface area contributed by atoms with E-state index in [0.29, 0.717) is 6.04 Å². The third-order valence-corrected chi connectivity index (χ3v) is 6.79. The average molecular weight is 330 g/mol. The van der Waals surface area contributed by atoms with Crippen LogP contribution in [0.4, 0.5) is 0 Å². The molecule has 3 unspecified atom stereocenters. The van der Waals surface area contributed by atoms with Gasteiger partial charge in [-0.1, -0.05) is 27.2 Å². The molecular weight excluding hydrogens is 306 g/mol. The Balaban J connectivity index is 2.26. The van der Waals surface area contributed by atoms with E-state index < -0.39 is 0 Å². The molecule has 3 heteroatoms. The van der Waals surface area contributed by atoms with E-state index in [-0.39, 0.29) is 5.41 Å². The molecule has 3 atom stereocenters. The van der Waals surface area contributed by atoms with Crippen molar-refractivity contribution in [2.24, 2.45) is 11.8 Å². The molecule has 0 amide bonds. The first-order valence-electron chi connectivity index (χ1n) is 6.87. The zero-order chi connectivity index (χ0) is 13.3. The topological polar surface area (TPSA) is 12.0 Å². The zero-order valence-electron chi connectivity index (χ0n) is 11.8. The summed E-state index contributed by atoms with van der Waals surface area (Å²) in [4.78, 5) is 1.50. The van der Waals surface area contributed by atoms with Gasteiger partial charge < -0.3 is 5.32 Å². The van der Waals surface area contributed by atoms with Crippen molar-refractivity contribution in [3.8, 4) is 0 Å². The third kappa shape index (κ3) is 2.68. The first-order chi connectivity index (χ1) is 8.46. The lowest BCUT2D eigenvalue weighted by molar-refractivity contribution is 0.153. The molecule has 0 saturated heterocycles. The Hall–Kier alpha value is 0.140. The molecule has 1 fully saturated rings. The van der Waals surface area contributed by atoms with E-state index in [0.717, 1.165) is 11.8 Å². The molecule has 2 rings (SSSR count). The molecule has 0 bridgehead atoms. The SMILES string of the molecule is CNC1CC(C)CCC1C(C)(C)c1sccc1Br. The van der Waals surface area contributed by atoms with Gasteiger partial charge in [-0.3, -0.25) is 0 Å². The third-order valence-electron chi connectivity index (χ3n) is 4.61. The Morgan fingerprint density at radius 2 is 2.11 bits per heavy atom. The minimum absolute atomic E-state index is 0.251. The van der Waals surface area contributed by atoms with E-state index in [4.69, 9.17) is 0 Å². The molecule has 0 radical (unpaired) electrons. The Labute approximate surface area is 123 Å². The van der Waals surface area contributed by atoms with Crippen LogP contribution in [-0.2, 0) is 5.41 Å². The van der Waals surface area contributed by atoms with Crippen LogP contribution in [0.2, 0.25) is 0 Å². The molecule has 18 heavy (non-hydrogen) atoms. The summed E-state index contributed by atoms with van der Waals surface area (Å²) in [7, 11) is 2.12. The molecule has 1 aliphatic carbocycles. The van der Waals surface area contributed by atoms with Crippen molar-refractivity contribution in [3.05, 3.63) is 20.8 Å². The highest BCUT2D eigenvalue weighted by atomic mass is 79.9. The molecule has 1 saturated carbocycles. The molecule has 1 nitrogen and oxygen atoms in total.